The molecule has 0 atom stereocenters. The molecule has 6 nitrogen and oxygen atoms in total. The number of carbonyl (C=O) groups excluding carboxylic acids is 1. The number of hydrogen-bond donors (Lipinski definition) is 1. The van der Waals surface area contributed by atoms with E-state index >= 15 is 0 Å². The fraction of sp³-hybridized carbons (Fsp3) is 0.350. The first-order valence-corrected chi connectivity index (χ1v) is 9.13. The van der Waals surface area contributed by atoms with Gasteiger partial charge in [0.05, 0.1) is 29.6 Å². The van der Waals surface area contributed by atoms with E-state index in [0.29, 0.717) is 18.2 Å². The molecule has 6 heteroatoms. The fourth-order valence-electron chi connectivity index (χ4n) is 3.53. The van der Waals surface area contributed by atoms with Gasteiger partial charge in [0.25, 0.3) is 0 Å². The Labute approximate surface area is 152 Å². The molecule has 1 aliphatic carbocycles. The first-order chi connectivity index (χ1) is 12.8. The third-order valence-corrected chi connectivity index (χ3v) is 4.80. The molecule has 134 valence electrons. The average molecular weight is 350 g/mol. The number of aromatic nitrogens is 3. The normalized spacial score (nSPS) is 14.7. The SMILES string of the molecule is CCOC(=O)c1cnc2c(cnn2-c2ccccc2)c1NC1CCCC1. The zero-order valence-corrected chi connectivity index (χ0v) is 14.8. The summed E-state index contributed by atoms with van der Waals surface area (Å²) in [5.41, 5.74) is 2.91. The lowest BCUT2D eigenvalue weighted by molar-refractivity contribution is 0.0527. The third kappa shape index (κ3) is 3.03. The molecular weight excluding hydrogens is 328 g/mol. The molecule has 0 bridgehead atoms. The molecule has 1 aliphatic rings. The number of nitrogens with zero attached hydrogens (tertiary/aromatic N) is 3. The summed E-state index contributed by atoms with van der Waals surface area (Å²) in [6, 6.07) is 10.2. The van der Waals surface area contributed by atoms with Crippen molar-refractivity contribution in [1.82, 2.24) is 14.8 Å². The Morgan fingerprint density at radius 1 is 1.23 bits per heavy atom. The van der Waals surface area contributed by atoms with Gasteiger partial charge in [-0.05, 0) is 31.9 Å². The fourth-order valence-corrected chi connectivity index (χ4v) is 3.53. The van der Waals surface area contributed by atoms with E-state index in [0.717, 1.165) is 35.2 Å². The summed E-state index contributed by atoms with van der Waals surface area (Å²) in [6.45, 7) is 2.14. The first-order valence-electron chi connectivity index (χ1n) is 9.13. The lowest BCUT2D eigenvalue weighted by atomic mass is 10.1. The van der Waals surface area contributed by atoms with Crippen molar-refractivity contribution in [3.05, 3.63) is 48.3 Å². The molecule has 1 N–H and O–H groups in total. The predicted octanol–water partition coefficient (Wildman–Crippen LogP) is 3.95. The number of fused-ring (bicyclic) bond motifs is 1. The Hall–Kier alpha value is -2.89. The van der Waals surface area contributed by atoms with Crippen molar-refractivity contribution < 1.29 is 9.53 Å². The number of rotatable bonds is 5. The molecule has 26 heavy (non-hydrogen) atoms. The zero-order valence-electron chi connectivity index (χ0n) is 14.8. The van der Waals surface area contributed by atoms with Gasteiger partial charge in [-0.15, -0.1) is 0 Å². The number of esters is 1. The molecule has 0 unspecified atom stereocenters. The van der Waals surface area contributed by atoms with E-state index in [9.17, 15) is 4.79 Å². The molecule has 0 saturated heterocycles. The van der Waals surface area contributed by atoms with E-state index in [1.807, 2.05) is 30.3 Å². The van der Waals surface area contributed by atoms with Gasteiger partial charge >= 0.3 is 5.97 Å². The van der Waals surface area contributed by atoms with Crippen LogP contribution in [0.5, 0.6) is 0 Å². The van der Waals surface area contributed by atoms with Crippen LogP contribution in [0.15, 0.2) is 42.7 Å². The van der Waals surface area contributed by atoms with Crippen LogP contribution in [0.4, 0.5) is 5.69 Å². The summed E-state index contributed by atoms with van der Waals surface area (Å²) in [7, 11) is 0. The summed E-state index contributed by atoms with van der Waals surface area (Å²) in [6.07, 6.45) is 8.01. The number of ether oxygens (including phenoxy) is 1. The van der Waals surface area contributed by atoms with Gasteiger partial charge in [-0.3, -0.25) is 0 Å². The molecule has 4 rings (SSSR count). The van der Waals surface area contributed by atoms with Crippen molar-refractivity contribution >= 4 is 22.7 Å². The molecule has 0 spiro atoms. The van der Waals surface area contributed by atoms with E-state index < -0.39 is 0 Å². The second-order valence-corrected chi connectivity index (χ2v) is 6.52. The van der Waals surface area contributed by atoms with E-state index in [-0.39, 0.29) is 5.97 Å². The van der Waals surface area contributed by atoms with Gasteiger partial charge in [0.15, 0.2) is 5.65 Å². The minimum atomic E-state index is -0.352. The maximum absolute atomic E-state index is 12.4. The van der Waals surface area contributed by atoms with Gasteiger partial charge < -0.3 is 10.1 Å². The highest BCUT2D eigenvalue weighted by Crippen LogP contribution is 2.31. The Balaban J connectivity index is 1.83. The Morgan fingerprint density at radius 3 is 2.73 bits per heavy atom. The predicted molar refractivity (Wildman–Crippen MR) is 101 cm³/mol. The summed E-state index contributed by atoms with van der Waals surface area (Å²) in [5.74, 6) is -0.352. The van der Waals surface area contributed by atoms with Gasteiger partial charge in [-0.2, -0.15) is 5.10 Å². The first kappa shape index (κ1) is 16.6. The van der Waals surface area contributed by atoms with Crippen LogP contribution >= 0.6 is 0 Å². The largest absolute Gasteiger partial charge is 0.462 e. The maximum Gasteiger partial charge on any atom is 0.341 e. The van der Waals surface area contributed by atoms with Crippen molar-refractivity contribution in [2.45, 2.75) is 38.6 Å². The van der Waals surface area contributed by atoms with Crippen LogP contribution in [0, 0.1) is 0 Å². The number of anilines is 1. The minimum absolute atomic E-state index is 0.336. The molecule has 3 aromatic rings. The molecule has 1 saturated carbocycles. The standard InChI is InChI=1S/C20H22N4O2/c1-2-26-20(25)17-12-21-19-16(18(17)23-14-8-6-7-9-14)13-22-24(19)15-10-4-3-5-11-15/h3-5,10-14H,2,6-9H2,1H3,(H,21,23). The smallest absolute Gasteiger partial charge is 0.341 e. The van der Waals surface area contributed by atoms with Gasteiger partial charge in [0.2, 0.25) is 0 Å². The second-order valence-electron chi connectivity index (χ2n) is 6.52. The van der Waals surface area contributed by atoms with Gasteiger partial charge in [0, 0.05) is 12.2 Å². The molecule has 0 aliphatic heterocycles. The highest BCUT2D eigenvalue weighted by Gasteiger charge is 2.23. The zero-order chi connectivity index (χ0) is 17.9. The maximum atomic E-state index is 12.4. The summed E-state index contributed by atoms with van der Waals surface area (Å²) in [4.78, 5) is 16.9. The van der Waals surface area contributed by atoms with Crippen LogP contribution in [-0.2, 0) is 4.74 Å². The van der Waals surface area contributed by atoms with Crippen LogP contribution in [0.1, 0.15) is 43.0 Å². The van der Waals surface area contributed by atoms with Crippen molar-refractivity contribution in [3.63, 3.8) is 0 Å². The average Bonchev–Trinajstić information content (AvgIpc) is 3.32. The van der Waals surface area contributed by atoms with E-state index in [1.165, 1.54) is 12.8 Å². The van der Waals surface area contributed by atoms with Gasteiger partial charge in [0.1, 0.15) is 5.56 Å². The number of hydrogen-bond acceptors (Lipinski definition) is 5. The quantitative estimate of drug-likeness (QED) is 0.706. The van der Waals surface area contributed by atoms with Crippen LogP contribution in [0.3, 0.4) is 0 Å². The van der Waals surface area contributed by atoms with E-state index in [1.54, 1.807) is 24.0 Å². The monoisotopic (exact) mass is 350 g/mol. The van der Waals surface area contributed by atoms with Crippen molar-refractivity contribution in [1.29, 1.82) is 0 Å². The Morgan fingerprint density at radius 2 is 2.00 bits per heavy atom. The number of pyridine rings is 1. The van der Waals surface area contributed by atoms with Crippen LogP contribution in [0.2, 0.25) is 0 Å². The molecule has 1 aromatic carbocycles. The minimum Gasteiger partial charge on any atom is -0.462 e. The van der Waals surface area contributed by atoms with Crippen molar-refractivity contribution in [2.24, 2.45) is 0 Å². The highest BCUT2D eigenvalue weighted by atomic mass is 16.5. The molecule has 2 aromatic heterocycles. The highest BCUT2D eigenvalue weighted by molar-refractivity contribution is 6.04. The molecule has 0 radical (unpaired) electrons. The van der Waals surface area contributed by atoms with Crippen LogP contribution < -0.4 is 5.32 Å². The summed E-state index contributed by atoms with van der Waals surface area (Å²) >= 11 is 0. The van der Waals surface area contributed by atoms with E-state index in [2.05, 4.69) is 15.4 Å². The van der Waals surface area contributed by atoms with Crippen LogP contribution in [-0.4, -0.2) is 33.4 Å². The summed E-state index contributed by atoms with van der Waals surface area (Å²) in [5, 5.41) is 8.91. The molecule has 2 heterocycles. The lowest BCUT2D eigenvalue weighted by Gasteiger charge is -2.17. The number of benzene rings is 1. The Kier molecular flexibility index (Phi) is 4.56. The third-order valence-electron chi connectivity index (χ3n) is 4.80. The van der Waals surface area contributed by atoms with Gasteiger partial charge in [-0.1, -0.05) is 31.0 Å². The molecular formula is C20H22N4O2. The number of nitrogens with one attached hydrogen (secondary N) is 1. The molecule has 0 amide bonds. The summed E-state index contributed by atoms with van der Waals surface area (Å²) < 4.78 is 7.02. The van der Waals surface area contributed by atoms with Crippen LogP contribution in [0.25, 0.3) is 16.7 Å². The van der Waals surface area contributed by atoms with Crippen molar-refractivity contribution in [3.8, 4) is 5.69 Å². The van der Waals surface area contributed by atoms with Gasteiger partial charge in [-0.25, -0.2) is 14.5 Å². The topological polar surface area (TPSA) is 69.0 Å². The number of carbonyl (C=O) groups is 1. The Bertz CT molecular complexity index is 914. The van der Waals surface area contributed by atoms with Crippen molar-refractivity contribution in [2.75, 3.05) is 11.9 Å². The lowest BCUT2D eigenvalue weighted by Crippen LogP contribution is -2.18. The van der Waals surface area contributed by atoms with E-state index in [4.69, 9.17) is 4.74 Å². The number of para-hydroxylation sites is 1. The second kappa shape index (κ2) is 7.15. The molecule has 1 fully saturated rings.